The molecule has 0 aliphatic carbocycles. The lowest BCUT2D eigenvalue weighted by Crippen LogP contribution is -2.47. The van der Waals surface area contributed by atoms with Crippen molar-refractivity contribution in [3.63, 3.8) is 0 Å². The molecule has 0 aromatic heterocycles. The van der Waals surface area contributed by atoms with Crippen LogP contribution in [0.1, 0.15) is 56.0 Å². The molecule has 11 nitrogen and oxygen atoms in total. The normalized spacial score (nSPS) is 21.1. The van der Waals surface area contributed by atoms with Crippen LogP contribution < -0.4 is 18.9 Å². The number of sulfonamides is 1. The summed E-state index contributed by atoms with van der Waals surface area (Å²) in [5.74, 6) is 1.33. The molecule has 0 fully saturated rings. The fraction of sp³-hybridized carbons (Fsp3) is 0.472. The zero-order chi connectivity index (χ0) is 35.1. The summed E-state index contributed by atoms with van der Waals surface area (Å²) in [6, 6.07) is 15.9. The van der Waals surface area contributed by atoms with E-state index in [2.05, 4.69) is 9.62 Å². The number of ether oxygens (including phenoxy) is 4. The molecule has 1 amide bonds. The van der Waals surface area contributed by atoms with E-state index in [9.17, 15) is 18.3 Å². The van der Waals surface area contributed by atoms with E-state index in [0.29, 0.717) is 37.0 Å². The minimum absolute atomic E-state index is 0.0343. The van der Waals surface area contributed by atoms with Crippen LogP contribution in [0.3, 0.4) is 0 Å². The van der Waals surface area contributed by atoms with Gasteiger partial charge in [0.1, 0.15) is 5.75 Å². The molecule has 3 aromatic carbocycles. The maximum Gasteiger partial charge on any atom is 0.261 e. The number of nitrogens with one attached hydrogen (secondary N) is 1. The summed E-state index contributed by atoms with van der Waals surface area (Å²) in [4.78, 5) is 18.3. The van der Waals surface area contributed by atoms with Crippen LogP contribution in [0.2, 0.25) is 5.02 Å². The molecule has 0 saturated carbocycles. The summed E-state index contributed by atoms with van der Waals surface area (Å²) >= 11 is 5.96. The Morgan fingerprint density at radius 2 is 1.76 bits per heavy atom. The van der Waals surface area contributed by atoms with Crippen LogP contribution in [0, 0.1) is 5.92 Å². The van der Waals surface area contributed by atoms with Crippen LogP contribution in [-0.2, 0) is 21.3 Å². The molecular formula is C36H46ClN3O8S. The number of benzene rings is 3. The lowest BCUT2D eigenvalue weighted by molar-refractivity contribution is -0.0177. The number of anilines is 1. The van der Waals surface area contributed by atoms with Crippen LogP contribution in [-0.4, -0.2) is 87.6 Å². The molecule has 2 aliphatic rings. The third-order valence-corrected chi connectivity index (χ3v) is 10.5. The van der Waals surface area contributed by atoms with Gasteiger partial charge in [0.05, 0.1) is 35.3 Å². The average molecular weight is 716 g/mol. The van der Waals surface area contributed by atoms with Gasteiger partial charge in [-0.15, -0.1) is 0 Å². The Balaban J connectivity index is 1.40. The van der Waals surface area contributed by atoms with Gasteiger partial charge in [0, 0.05) is 42.9 Å². The molecule has 0 spiro atoms. The van der Waals surface area contributed by atoms with E-state index in [1.807, 2.05) is 39.1 Å². The van der Waals surface area contributed by atoms with Gasteiger partial charge in [-0.2, -0.15) is 0 Å². The number of rotatable bonds is 9. The lowest BCUT2D eigenvalue weighted by Gasteiger charge is -2.36. The SMILES string of the molecule is C[C@H](CO)N1C[C@H](C)[C@H](CN(C)Cc2ccc3c(c2)OCO3)OCCCC[C@H](C)Oc2ccc(NS(=O)(=O)c3ccc(Cl)cc3)cc2C1=O. The number of hydrogen-bond acceptors (Lipinski definition) is 9. The van der Waals surface area contributed by atoms with Gasteiger partial charge in [0.2, 0.25) is 6.79 Å². The third-order valence-electron chi connectivity index (χ3n) is 8.81. The highest BCUT2D eigenvalue weighted by Crippen LogP contribution is 2.33. The molecule has 0 saturated heterocycles. The molecule has 0 unspecified atom stereocenters. The first-order valence-corrected chi connectivity index (χ1v) is 18.5. The predicted octanol–water partition coefficient (Wildman–Crippen LogP) is 5.80. The van der Waals surface area contributed by atoms with Gasteiger partial charge in [-0.05, 0) is 100 Å². The van der Waals surface area contributed by atoms with Crippen LogP contribution in [0.15, 0.2) is 65.6 Å². The van der Waals surface area contributed by atoms with Crippen molar-refractivity contribution in [2.45, 2.75) is 69.7 Å². The Bertz CT molecular complexity index is 1690. The highest BCUT2D eigenvalue weighted by atomic mass is 35.5. The van der Waals surface area contributed by atoms with Crippen molar-refractivity contribution in [2.24, 2.45) is 5.92 Å². The van der Waals surface area contributed by atoms with E-state index < -0.39 is 16.1 Å². The first-order chi connectivity index (χ1) is 23.4. The Morgan fingerprint density at radius 3 is 2.51 bits per heavy atom. The summed E-state index contributed by atoms with van der Waals surface area (Å²) < 4.78 is 52.8. The number of aliphatic hydroxyl groups excluding tert-OH is 1. The number of aliphatic hydroxyl groups is 1. The second-order valence-electron chi connectivity index (χ2n) is 13.0. The topological polar surface area (TPSA) is 127 Å². The molecule has 13 heteroatoms. The Hall–Kier alpha value is -3.55. The van der Waals surface area contributed by atoms with Crippen molar-refractivity contribution in [3.05, 3.63) is 76.8 Å². The number of carbonyl (C=O) groups excluding carboxylic acids is 1. The van der Waals surface area contributed by atoms with Crippen LogP contribution in [0.25, 0.3) is 0 Å². The fourth-order valence-corrected chi connectivity index (χ4v) is 7.17. The first-order valence-electron chi connectivity index (χ1n) is 16.6. The Morgan fingerprint density at radius 1 is 1.02 bits per heavy atom. The summed E-state index contributed by atoms with van der Waals surface area (Å²) in [6.07, 6.45) is 2.02. The molecular weight excluding hydrogens is 670 g/mol. The molecule has 2 aliphatic heterocycles. The number of carbonyl (C=O) groups is 1. The number of hydrogen-bond donors (Lipinski definition) is 2. The van der Waals surface area contributed by atoms with Crippen molar-refractivity contribution >= 4 is 33.2 Å². The summed E-state index contributed by atoms with van der Waals surface area (Å²) in [6.45, 7) is 7.87. The quantitative estimate of drug-likeness (QED) is 0.283. The van der Waals surface area contributed by atoms with Crippen LogP contribution >= 0.6 is 11.6 Å². The molecule has 4 atom stereocenters. The predicted molar refractivity (Wildman–Crippen MR) is 188 cm³/mol. The van der Waals surface area contributed by atoms with E-state index >= 15 is 0 Å². The third kappa shape index (κ3) is 9.58. The molecule has 0 radical (unpaired) electrons. The maximum absolute atomic E-state index is 14.4. The van der Waals surface area contributed by atoms with E-state index in [-0.39, 0.29) is 53.6 Å². The van der Waals surface area contributed by atoms with Crippen molar-refractivity contribution < 1.29 is 37.3 Å². The average Bonchev–Trinajstić information content (AvgIpc) is 3.54. The fourth-order valence-electron chi connectivity index (χ4n) is 6.00. The first kappa shape index (κ1) is 36.7. The van der Waals surface area contributed by atoms with E-state index in [4.69, 9.17) is 30.5 Å². The van der Waals surface area contributed by atoms with E-state index in [0.717, 1.165) is 36.3 Å². The smallest absolute Gasteiger partial charge is 0.261 e. The standard InChI is InChI=1S/C36H46ClN3O8S/c1-24-19-40(25(2)22-41)36(42)31-18-29(38-49(43,44)30-12-9-28(37)10-13-30)11-15-32(31)48-26(3)7-5-6-16-45-35(24)21-39(4)20-27-8-14-33-34(17-27)47-23-46-33/h8-15,17-18,24-26,35,38,41H,5-7,16,19-23H2,1-4H3/t24-,25+,26-,35-/m0/s1. The van der Waals surface area contributed by atoms with Crippen molar-refractivity contribution in [3.8, 4) is 17.2 Å². The second kappa shape index (κ2) is 16.4. The minimum Gasteiger partial charge on any atom is -0.490 e. The van der Waals surface area contributed by atoms with E-state index in [1.165, 1.54) is 30.3 Å². The highest BCUT2D eigenvalue weighted by Gasteiger charge is 2.31. The maximum atomic E-state index is 14.4. The number of halogens is 1. The zero-order valence-electron chi connectivity index (χ0n) is 28.4. The zero-order valence-corrected chi connectivity index (χ0v) is 30.0. The van der Waals surface area contributed by atoms with Gasteiger partial charge < -0.3 is 29.0 Å². The molecule has 266 valence electrons. The van der Waals surface area contributed by atoms with Crippen LogP contribution in [0.5, 0.6) is 17.2 Å². The summed E-state index contributed by atoms with van der Waals surface area (Å²) in [7, 11) is -1.94. The number of nitrogens with zero attached hydrogens (tertiary/aromatic N) is 2. The second-order valence-corrected chi connectivity index (χ2v) is 15.1. The summed E-state index contributed by atoms with van der Waals surface area (Å²) in [5, 5.41) is 10.7. The van der Waals surface area contributed by atoms with Gasteiger partial charge in [-0.1, -0.05) is 24.6 Å². The molecule has 3 aromatic rings. The van der Waals surface area contributed by atoms with Crippen LogP contribution in [0.4, 0.5) is 5.69 Å². The molecule has 5 rings (SSSR count). The van der Waals surface area contributed by atoms with Crippen molar-refractivity contribution in [1.29, 1.82) is 0 Å². The molecule has 2 heterocycles. The number of likely N-dealkylation sites (N-methyl/N-ethyl adjacent to an activating group) is 1. The van der Waals surface area contributed by atoms with Gasteiger partial charge in [0.25, 0.3) is 15.9 Å². The van der Waals surface area contributed by atoms with Gasteiger partial charge >= 0.3 is 0 Å². The van der Waals surface area contributed by atoms with Crippen molar-refractivity contribution in [1.82, 2.24) is 9.80 Å². The highest BCUT2D eigenvalue weighted by molar-refractivity contribution is 7.92. The molecule has 2 N–H and O–H groups in total. The Labute approximate surface area is 294 Å². The van der Waals surface area contributed by atoms with Crippen molar-refractivity contribution in [2.75, 3.05) is 44.9 Å². The van der Waals surface area contributed by atoms with Gasteiger partial charge in [-0.3, -0.25) is 14.4 Å². The lowest BCUT2D eigenvalue weighted by atomic mass is 10.0. The molecule has 49 heavy (non-hydrogen) atoms. The number of amides is 1. The Kier molecular flexibility index (Phi) is 12.3. The monoisotopic (exact) mass is 715 g/mol. The number of fused-ring (bicyclic) bond motifs is 2. The van der Waals surface area contributed by atoms with Gasteiger partial charge in [-0.25, -0.2) is 8.42 Å². The van der Waals surface area contributed by atoms with E-state index in [1.54, 1.807) is 24.0 Å². The largest absolute Gasteiger partial charge is 0.490 e. The van der Waals surface area contributed by atoms with Gasteiger partial charge in [0.15, 0.2) is 11.5 Å². The molecule has 0 bridgehead atoms. The summed E-state index contributed by atoms with van der Waals surface area (Å²) in [5.41, 5.74) is 1.49. The minimum atomic E-state index is -3.97.